The standard InChI is InChI=1S/C15H13BrCl2/c16-10-12(14-6-1-2-7-15(14)18)8-11-4-3-5-13(17)9-11/h1-7,9,12H,8,10H2. The molecule has 0 aliphatic heterocycles. The van der Waals surface area contributed by atoms with Crippen LogP contribution in [0.25, 0.3) is 0 Å². The van der Waals surface area contributed by atoms with E-state index < -0.39 is 0 Å². The summed E-state index contributed by atoms with van der Waals surface area (Å²) in [5, 5.41) is 2.48. The third-order valence-electron chi connectivity index (χ3n) is 2.90. The molecule has 18 heavy (non-hydrogen) atoms. The average molecular weight is 344 g/mol. The number of alkyl halides is 1. The highest BCUT2D eigenvalue weighted by Gasteiger charge is 2.14. The van der Waals surface area contributed by atoms with Crippen LogP contribution < -0.4 is 0 Å². The van der Waals surface area contributed by atoms with E-state index in [0.29, 0.717) is 5.92 Å². The van der Waals surface area contributed by atoms with Crippen molar-refractivity contribution in [2.75, 3.05) is 5.33 Å². The van der Waals surface area contributed by atoms with Gasteiger partial charge in [0.25, 0.3) is 0 Å². The van der Waals surface area contributed by atoms with Gasteiger partial charge in [-0.05, 0) is 41.7 Å². The minimum atomic E-state index is 0.358. The smallest absolute Gasteiger partial charge is 0.0441 e. The van der Waals surface area contributed by atoms with Crippen molar-refractivity contribution in [2.24, 2.45) is 0 Å². The molecule has 2 rings (SSSR count). The van der Waals surface area contributed by atoms with Crippen molar-refractivity contribution >= 4 is 39.1 Å². The Balaban J connectivity index is 2.23. The molecule has 94 valence electrons. The fraction of sp³-hybridized carbons (Fsp3) is 0.200. The Bertz CT molecular complexity index is 525. The molecule has 0 spiro atoms. The molecule has 3 heteroatoms. The predicted octanol–water partition coefficient (Wildman–Crippen LogP) is 5.71. The van der Waals surface area contributed by atoms with Gasteiger partial charge in [0.1, 0.15) is 0 Å². The number of rotatable bonds is 4. The molecule has 0 aliphatic rings. The quantitative estimate of drug-likeness (QED) is 0.623. The zero-order chi connectivity index (χ0) is 13.0. The first-order chi connectivity index (χ1) is 8.70. The van der Waals surface area contributed by atoms with Gasteiger partial charge in [-0.15, -0.1) is 0 Å². The van der Waals surface area contributed by atoms with Gasteiger partial charge in [0.15, 0.2) is 0 Å². The van der Waals surface area contributed by atoms with Gasteiger partial charge >= 0.3 is 0 Å². The Kier molecular flexibility index (Phi) is 5.11. The van der Waals surface area contributed by atoms with Gasteiger partial charge in [-0.3, -0.25) is 0 Å². The molecule has 1 atom stereocenters. The van der Waals surface area contributed by atoms with Gasteiger partial charge in [0.2, 0.25) is 0 Å². The van der Waals surface area contributed by atoms with Crippen molar-refractivity contribution in [1.29, 1.82) is 0 Å². The van der Waals surface area contributed by atoms with Crippen LogP contribution in [0.1, 0.15) is 17.0 Å². The molecular weight excluding hydrogens is 331 g/mol. The Morgan fingerprint density at radius 1 is 1.00 bits per heavy atom. The lowest BCUT2D eigenvalue weighted by Gasteiger charge is -2.16. The minimum Gasteiger partial charge on any atom is -0.0921 e. The second kappa shape index (κ2) is 6.60. The van der Waals surface area contributed by atoms with Crippen LogP contribution in [0.3, 0.4) is 0 Å². The van der Waals surface area contributed by atoms with Gasteiger partial charge in [-0.1, -0.05) is 69.5 Å². The molecule has 0 radical (unpaired) electrons. The highest BCUT2D eigenvalue weighted by atomic mass is 79.9. The molecule has 0 N–H and O–H groups in total. The topological polar surface area (TPSA) is 0 Å². The number of hydrogen-bond acceptors (Lipinski definition) is 0. The first-order valence-electron chi connectivity index (χ1n) is 5.75. The zero-order valence-corrected chi connectivity index (χ0v) is 12.8. The van der Waals surface area contributed by atoms with E-state index in [4.69, 9.17) is 23.2 Å². The summed E-state index contributed by atoms with van der Waals surface area (Å²) < 4.78 is 0. The van der Waals surface area contributed by atoms with Gasteiger partial charge in [0, 0.05) is 15.4 Å². The third-order valence-corrected chi connectivity index (χ3v) is 4.26. The molecule has 1 unspecified atom stereocenters. The minimum absolute atomic E-state index is 0.358. The summed E-state index contributed by atoms with van der Waals surface area (Å²) in [6.45, 7) is 0. The van der Waals surface area contributed by atoms with Gasteiger partial charge in [-0.2, -0.15) is 0 Å². The summed E-state index contributed by atoms with van der Waals surface area (Å²) in [4.78, 5) is 0. The average Bonchev–Trinajstić information content (AvgIpc) is 2.37. The maximum atomic E-state index is 6.25. The summed E-state index contributed by atoms with van der Waals surface area (Å²) in [5.74, 6) is 0.358. The van der Waals surface area contributed by atoms with Gasteiger partial charge < -0.3 is 0 Å². The van der Waals surface area contributed by atoms with Crippen molar-refractivity contribution in [3.8, 4) is 0 Å². The summed E-state index contributed by atoms with van der Waals surface area (Å²) in [5.41, 5.74) is 2.41. The molecule has 2 aromatic carbocycles. The number of halogens is 3. The maximum Gasteiger partial charge on any atom is 0.0441 e. The van der Waals surface area contributed by atoms with Crippen LogP contribution in [-0.4, -0.2) is 5.33 Å². The molecule has 0 aromatic heterocycles. The second-order valence-corrected chi connectivity index (χ2v) is 5.70. The second-order valence-electron chi connectivity index (χ2n) is 4.21. The first kappa shape index (κ1) is 13.9. The summed E-state index contributed by atoms with van der Waals surface area (Å²) in [7, 11) is 0. The summed E-state index contributed by atoms with van der Waals surface area (Å²) in [6.07, 6.45) is 0.926. The molecule has 0 fully saturated rings. The largest absolute Gasteiger partial charge is 0.0921 e. The van der Waals surface area contributed by atoms with E-state index in [0.717, 1.165) is 21.8 Å². The highest BCUT2D eigenvalue weighted by Crippen LogP contribution is 2.29. The Labute approximate surface area is 126 Å². The van der Waals surface area contributed by atoms with Crippen molar-refractivity contribution in [2.45, 2.75) is 12.3 Å². The van der Waals surface area contributed by atoms with Crippen LogP contribution in [0.5, 0.6) is 0 Å². The number of benzene rings is 2. The Morgan fingerprint density at radius 2 is 1.78 bits per heavy atom. The van der Waals surface area contributed by atoms with Crippen LogP contribution in [0.4, 0.5) is 0 Å². The maximum absolute atomic E-state index is 6.25. The van der Waals surface area contributed by atoms with Crippen LogP contribution in [0.2, 0.25) is 10.0 Å². The highest BCUT2D eigenvalue weighted by molar-refractivity contribution is 9.09. The molecule has 0 aliphatic carbocycles. The molecule has 0 bridgehead atoms. The fourth-order valence-electron chi connectivity index (χ4n) is 2.00. The normalized spacial score (nSPS) is 12.4. The van der Waals surface area contributed by atoms with Gasteiger partial charge in [0.05, 0.1) is 0 Å². The lowest BCUT2D eigenvalue weighted by atomic mass is 9.94. The first-order valence-corrected chi connectivity index (χ1v) is 7.63. The molecule has 0 heterocycles. The molecule has 2 aromatic rings. The van der Waals surface area contributed by atoms with Crippen LogP contribution in [-0.2, 0) is 6.42 Å². The van der Waals surface area contributed by atoms with Crippen molar-refractivity contribution < 1.29 is 0 Å². The lowest BCUT2D eigenvalue weighted by Crippen LogP contribution is -2.05. The van der Waals surface area contributed by atoms with E-state index in [9.17, 15) is 0 Å². The van der Waals surface area contributed by atoms with Gasteiger partial charge in [-0.25, -0.2) is 0 Å². The Morgan fingerprint density at radius 3 is 2.44 bits per heavy atom. The molecule has 0 saturated carbocycles. The molecular formula is C15H13BrCl2. The monoisotopic (exact) mass is 342 g/mol. The fourth-order valence-corrected chi connectivity index (χ4v) is 3.08. The van der Waals surface area contributed by atoms with Crippen molar-refractivity contribution in [3.63, 3.8) is 0 Å². The van der Waals surface area contributed by atoms with E-state index in [1.165, 1.54) is 11.1 Å². The summed E-state index contributed by atoms with van der Waals surface area (Å²) in [6, 6.07) is 16.0. The van der Waals surface area contributed by atoms with E-state index >= 15 is 0 Å². The van der Waals surface area contributed by atoms with Crippen LogP contribution in [0, 0.1) is 0 Å². The molecule has 0 saturated heterocycles. The van der Waals surface area contributed by atoms with E-state index in [2.05, 4.69) is 28.1 Å². The van der Waals surface area contributed by atoms with Crippen molar-refractivity contribution in [1.82, 2.24) is 0 Å². The number of hydrogen-bond donors (Lipinski definition) is 0. The summed E-state index contributed by atoms with van der Waals surface area (Å²) >= 11 is 15.8. The predicted molar refractivity (Wildman–Crippen MR) is 83.1 cm³/mol. The van der Waals surface area contributed by atoms with E-state index in [1.54, 1.807) is 0 Å². The zero-order valence-electron chi connectivity index (χ0n) is 9.74. The third kappa shape index (κ3) is 3.50. The van der Waals surface area contributed by atoms with Crippen LogP contribution in [0.15, 0.2) is 48.5 Å². The molecule has 0 nitrogen and oxygen atoms in total. The van der Waals surface area contributed by atoms with E-state index in [-0.39, 0.29) is 0 Å². The van der Waals surface area contributed by atoms with E-state index in [1.807, 2.05) is 36.4 Å². The van der Waals surface area contributed by atoms with Crippen molar-refractivity contribution in [3.05, 3.63) is 69.7 Å². The van der Waals surface area contributed by atoms with Crippen LogP contribution >= 0.6 is 39.1 Å². The Hall–Kier alpha value is -0.500. The lowest BCUT2D eigenvalue weighted by molar-refractivity contribution is 0.776. The molecule has 0 amide bonds. The SMILES string of the molecule is Clc1cccc(CC(CBr)c2ccccc2Cl)c1.